The molecule has 0 spiro atoms. The Hall–Kier alpha value is -1.71. The van der Waals surface area contributed by atoms with Crippen LogP contribution in [0.2, 0.25) is 0 Å². The lowest BCUT2D eigenvalue weighted by molar-refractivity contribution is 0.318. The number of phenols is 2. The normalized spacial score (nSPS) is 12.8. The van der Waals surface area contributed by atoms with Crippen molar-refractivity contribution < 1.29 is 15.4 Å². The number of benzene rings is 1. The molecular formula is C13H19NO3. The van der Waals surface area contributed by atoms with E-state index in [4.69, 9.17) is 5.21 Å². The molecule has 0 aromatic heterocycles. The average Bonchev–Trinajstić information content (AvgIpc) is 2.27. The topological polar surface area (TPSA) is 73.1 Å². The minimum Gasteiger partial charge on any atom is -0.508 e. The van der Waals surface area contributed by atoms with E-state index in [2.05, 4.69) is 5.16 Å². The van der Waals surface area contributed by atoms with Crippen LogP contribution < -0.4 is 0 Å². The summed E-state index contributed by atoms with van der Waals surface area (Å²) >= 11 is 0. The zero-order valence-corrected chi connectivity index (χ0v) is 10.7. The summed E-state index contributed by atoms with van der Waals surface area (Å²) in [7, 11) is 0. The van der Waals surface area contributed by atoms with Gasteiger partial charge in [-0.1, -0.05) is 25.9 Å². The van der Waals surface area contributed by atoms with Crippen molar-refractivity contribution >= 4 is 5.71 Å². The van der Waals surface area contributed by atoms with Crippen LogP contribution in [-0.2, 0) is 5.41 Å². The minimum absolute atomic E-state index is 0.0591. The highest BCUT2D eigenvalue weighted by atomic mass is 16.4. The van der Waals surface area contributed by atoms with E-state index in [0.717, 1.165) is 12.0 Å². The Labute approximate surface area is 101 Å². The molecule has 0 atom stereocenters. The molecule has 0 amide bonds. The van der Waals surface area contributed by atoms with Crippen LogP contribution in [0.5, 0.6) is 11.5 Å². The Kier molecular flexibility index (Phi) is 3.66. The van der Waals surface area contributed by atoms with Crippen molar-refractivity contribution in [3.8, 4) is 11.5 Å². The van der Waals surface area contributed by atoms with Gasteiger partial charge in [0, 0.05) is 17.2 Å². The number of aromatic hydroxyl groups is 2. The highest BCUT2D eigenvalue weighted by Gasteiger charge is 2.24. The number of rotatable bonds is 3. The van der Waals surface area contributed by atoms with Crippen LogP contribution in [0.15, 0.2) is 17.3 Å². The summed E-state index contributed by atoms with van der Waals surface area (Å²) in [6, 6.07) is 2.96. The number of nitrogens with zero attached hydrogens (tertiary/aromatic N) is 1. The molecule has 17 heavy (non-hydrogen) atoms. The lowest BCUT2D eigenvalue weighted by Crippen LogP contribution is -2.16. The fourth-order valence-corrected chi connectivity index (χ4v) is 1.65. The number of phenolic OH excluding ortho intramolecular Hbond substituents is 2. The van der Waals surface area contributed by atoms with Crippen molar-refractivity contribution in [3.63, 3.8) is 0 Å². The largest absolute Gasteiger partial charge is 0.508 e. The van der Waals surface area contributed by atoms with Crippen LogP contribution in [0.1, 0.15) is 45.2 Å². The van der Waals surface area contributed by atoms with Crippen LogP contribution in [-0.4, -0.2) is 21.1 Å². The summed E-state index contributed by atoms with van der Waals surface area (Å²) in [5, 5.41) is 31.4. The third-order valence-electron chi connectivity index (χ3n) is 3.27. The molecule has 0 heterocycles. The number of hydrogen-bond donors (Lipinski definition) is 3. The van der Waals surface area contributed by atoms with E-state index in [1.807, 2.05) is 20.8 Å². The number of hydrogen-bond acceptors (Lipinski definition) is 4. The van der Waals surface area contributed by atoms with Gasteiger partial charge in [0.25, 0.3) is 0 Å². The van der Waals surface area contributed by atoms with E-state index >= 15 is 0 Å². The summed E-state index contributed by atoms with van der Waals surface area (Å²) in [6.45, 7) is 7.64. The third kappa shape index (κ3) is 2.52. The van der Waals surface area contributed by atoms with Crippen molar-refractivity contribution in [1.82, 2.24) is 0 Å². The molecule has 4 heteroatoms. The summed E-state index contributed by atoms with van der Waals surface area (Å²) < 4.78 is 0. The van der Waals surface area contributed by atoms with E-state index in [0.29, 0.717) is 11.3 Å². The van der Waals surface area contributed by atoms with E-state index in [1.165, 1.54) is 6.07 Å². The summed E-state index contributed by atoms with van der Waals surface area (Å²) in [6.07, 6.45) is 0.847. The summed E-state index contributed by atoms with van der Waals surface area (Å²) in [5.74, 6) is -0.0303. The van der Waals surface area contributed by atoms with Gasteiger partial charge in [-0.05, 0) is 24.8 Å². The fourth-order valence-electron chi connectivity index (χ4n) is 1.65. The Morgan fingerprint density at radius 1 is 1.24 bits per heavy atom. The Morgan fingerprint density at radius 3 is 2.29 bits per heavy atom. The van der Waals surface area contributed by atoms with Crippen molar-refractivity contribution in [2.75, 3.05) is 0 Å². The summed E-state index contributed by atoms with van der Waals surface area (Å²) in [4.78, 5) is 0. The Balaban J connectivity index is 3.44. The van der Waals surface area contributed by atoms with Crippen LogP contribution >= 0.6 is 0 Å². The highest BCUT2D eigenvalue weighted by molar-refractivity contribution is 6.01. The quantitative estimate of drug-likeness (QED) is 0.430. The first-order chi connectivity index (χ1) is 7.83. The Morgan fingerprint density at radius 2 is 1.82 bits per heavy atom. The van der Waals surface area contributed by atoms with Crippen molar-refractivity contribution in [2.24, 2.45) is 5.16 Å². The van der Waals surface area contributed by atoms with Gasteiger partial charge < -0.3 is 15.4 Å². The van der Waals surface area contributed by atoms with Crippen LogP contribution in [0.3, 0.4) is 0 Å². The second-order valence-corrected chi connectivity index (χ2v) is 4.81. The van der Waals surface area contributed by atoms with Crippen molar-refractivity contribution in [3.05, 3.63) is 23.3 Å². The van der Waals surface area contributed by atoms with Gasteiger partial charge in [0.2, 0.25) is 0 Å². The van der Waals surface area contributed by atoms with Gasteiger partial charge in [0.1, 0.15) is 11.5 Å². The molecule has 0 radical (unpaired) electrons. The predicted molar refractivity (Wildman–Crippen MR) is 67.1 cm³/mol. The zero-order chi connectivity index (χ0) is 13.2. The first-order valence-corrected chi connectivity index (χ1v) is 5.59. The van der Waals surface area contributed by atoms with Gasteiger partial charge in [0.15, 0.2) is 0 Å². The standard InChI is InChI=1S/C13H19NO3/c1-5-13(3,4)10-6-9(8(2)14-17)11(15)7-12(10)16/h6-7,15-17H,5H2,1-4H3. The summed E-state index contributed by atoms with van der Waals surface area (Å²) in [5.41, 5.74) is 1.27. The van der Waals surface area contributed by atoms with Crippen LogP contribution in [0, 0.1) is 0 Å². The third-order valence-corrected chi connectivity index (χ3v) is 3.27. The molecule has 0 bridgehead atoms. The maximum Gasteiger partial charge on any atom is 0.128 e. The SMILES string of the molecule is CCC(C)(C)c1cc(C(C)=NO)c(O)cc1O. The van der Waals surface area contributed by atoms with E-state index in [-0.39, 0.29) is 16.9 Å². The zero-order valence-electron chi connectivity index (χ0n) is 10.7. The van der Waals surface area contributed by atoms with E-state index < -0.39 is 0 Å². The van der Waals surface area contributed by atoms with Crippen LogP contribution in [0.4, 0.5) is 0 Å². The van der Waals surface area contributed by atoms with Gasteiger partial charge in [0.05, 0.1) is 5.71 Å². The molecule has 0 unspecified atom stereocenters. The van der Waals surface area contributed by atoms with Gasteiger partial charge >= 0.3 is 0 Å². The van der Waals surface area contributed by atoms with Gasteiger partial charge in [-0.3, -0.25) is 0 Å². The molecule has 1 aromatic rings. The molecule has 94 valence electrons. The molecule has 0 fully saturated rings. The second kappa shape index (κ2) is 4.65. The minimum atomic E-state index is -0.206. The molecule has 0 saturated heterocycles. The lowest BCUT2D eigenvalue weighted by atomic mass is 9.80. The van der Waals surface area contributed by atoms with Gasteiger partial charge in [-0.2, -0.15) is 0 Å². The van der Waals surface area contributed by atoms with Crippen LogP contribution in [0.25, 0.3) is 0 Å². The van der Waals surface area contributed by atoms with Gasteiger partial charge in [-0.15, -0.1) is 0 Å². The van der Waals surface area contributed by atoms with Gasteiger partial charge in [-0.25, -0.2) is 0 Å². The van der Waals surface area contributed by atoms with E-state index in [1.54, 1.807) is 13.0 Å². The maximum atomic E-state index is 9.87. The van der Waals surface area contributed by atoms with Crippen molar-refractivity contribution in [2.45, 2.75) is 39.5 Å². The molecule has 0 aliphatic heterocycles. The second-order valence-electron chi connectivity index (χ2n) is 4.81. The Bertz CT molecular complexity index is 450. The predicted octanol–water partition coefficient (Wildman–Crippen LogP) is 2.98. The molecule has 1 rings (SSSR count). The molecule has 4 nitrogen and oxygen atoms in total. The maximum absolute atomic E-state index is 9.87. The molecular weight excluding hydrogens is 218 g/mol. The molecule has 3 N–H and O–H groups in total. The molecule has 1 aromatic carbocycles. The van der Waals surface area contributed by atoms with Crippen molar-refractivity contribution in [1.29, 1.82) is 0 Å². The molecule has 0 saturated carbocycles. The molecule has 0 aliphatic carbocycles. The number of oxime groups is 1. The smallest absolute Gasteiger partial charge is 0.128 e. The highest BCUT2D eigenvalue weighted by Crippen LogP contribution is 2.37. The van der Waals surface area contributed by atoms with E-state index in [9.17, 15) is 10.2 Å². The molecule has 0 aliphatic rings. The first kappa shape index (κ1) is 13.4. The first-order valence-electron chi connectivity index (χ1n) is 5.59. The fraction of sp³-hybridized carbons (Fsp3) is 0.462. The average molecular weight is 237 g/mol. The lowest BCUT2D eigenvalue weighted by Gasteiger charge is -2.25. The monoisotopic (exact) mass is 237 g/mol.